The van der Waals surface area contributed by atoms with Crippen LogP contribution < -0.4 is 62.6 Å². The summed E-state index contributed by atoms with van der Waals surface area (Å²) in [6.45, 7) is -3.33. The molecule has 0 bridgehead atoms. The Morgan fingerprint density at radius 2 is 1.87 bits per heavy atom. The van der Waals surface area contributed by atoms with E-state index in [4.69, 9.17) is 5.73 Å². The Morgan fingerprint density at radius 1 is 1.33 bits per heavy atom. The second kappa shape index (κ2) is 6.37. The van der Waals surface area contributed by atoms with E-state index in [0.29, 0.717) is 9.13 Å². The third kappa shape index (κ3) is 4.29. The smallest absolute Gasteiger partial charge is 0.445 e. The fraction of sp³-hybridized carbons (Fsp3) is 0.250. The van der Waals surface area contributed by atoms with Crippen molar-refractivity contribution in [3.8, 4) is 0 Å². The standard InChI is InChI=1S/C8H9BF3IN.K/c1-5-6(4-14)2-7(13)3-8(5)9(10,11)12;/h2-3H,4,14H2,1H3;/q-1;+1. The zero-order valence-electron chi connectivity index (χ0n) is 8.53. The van der Waals surface area contributed by atoms with E-state index in [1.54, 1.807) is 6.07 Å². The second-order valence-corrected chi connectivity index (χ2v) is 4.30. The molecule has 2 N–H and O–H groups in total. The number of nitrogens with two attached hydrogens (primary N) is 1. The third-order valence-electron chi connectivity index (χ3n) is 2.09. The third-order valence-corrected chi connectivity index (χ3v) is 2.72. The van der Waals surface area contributed by atoms with E-state index in [0.717, 1.165) is 6.07 Å². The largest absolute Gasteiger partial charge is 1.00 e. The van der Waals surface area contributed by atoms with Crippen LogP contribution in [0.1, 0.15) is 11.1 Å². The first-order chi connectivity index (χ1) is 6.36. The molecule has 0 atom stereocenters. The van der Waals surface area contributed by atoms with Crippen molar-refractivity contribution >= 4 is 35.0 Å². The van der Waals surface area contributed by atoms with E-state index >= 15 is 0 Å². The molecule has 0 aliphatic carbocycles. The monoisotopic (exact) mass is 353 g/mol. The predicted molar refractivity (Wildman–Crippen MR) is 60.5 cm³/mol. The Kier molecular flexibility index (Phi) is 6.96. The fourth-order valence-corrected chi connectivity index (χ4v) is 2.02. The van der Waals surface area contributed by atoms with Gasteiger partial charge in [0, 0.05) is 10.1 Å². The number of benzene rings is 1. The van der Waals surface area contributed by atoms with Gasteiger partial charge in [0.05, 0.1) is 0 Å². The molecule has 1 aromatic rings. The number of rotatable bonds is 2. The SMILES string of the molecule is Cc1c(CN)cc(I)cc1[B-](F)(F)F.[K+]. The summed E-state index contributed by atoms with van der Waals surface area (Å²) in [6, 6.07) is 2.84. The van der Waals surface area contributed by atoms with Gasteiger partial charge in [-0.25, -0.2) is 0 Å². The molecule has 0 heterocycles. The van der Waals surface area contributed by atoms with Crippen LogP contribution in [-0.2, 0) is 6.54 Å². The molecule has 78 valence electrons. The summed E-state index contributed by atoms with van der Waals surface area (Å²) in [5, 5.41) is 0. The molecule has 0 fully saturated rings. The van der Waals surface area contributed by atoms with Gasteiger partial charge in [-0.3, -0.25) is 0 Å². The van der Waals surface area contributed by atoms with E-state index in [-0.39, 0.29) is 63.5 Å². The Balaban J connectivity index is 0.00000196. The molecule has 1 nitrogen and oxygen atoms in total. The summed E-state index contributed by atoms with van der Waals surface area (Å²) >= 11 is 1.87. The van der Waals surface area contributed by atoms with Gasteiger partial charge in [-0.1, -0.05) is 11.6 Å². The zero-order chi connectivity index (χ0) is 10.9. The Labute approximate surface area is 143 Å². The summed E-state index contributed by atoms with van der Waals surface area (Å²) in [5.41, 5.74) is 5.65. The summed E-state index contributed by atoms with van der Waals surface area (Å²) < 4.78 is 38.3. The van der Waals surface area contributed by atoms with Crippen molar-refractivity contribution in [3.63, 3.8) is 0 Å². The molecule has 7 heteroatoms. The molecule has 15 heavy (non-hydrogen) atoms. The van der Waals surface area contributed by atoms with Crippen LogP contribution in [0.25, 0.3) is 0 Å². The van der Waals surface area contributed by atoms with Crippen LogP contribution in [0.2, 0.25) is 0 Å². The van der Waals surface area contributed by atoms with Crippen LogP contribution in [-0.4, -0.2) is 6.98 Å². The molecule has 0 spiro atoms. The molecule has 0 aliphatic heterocycles. The van der Waals surface area contributed by atoms with Crippen LogP contribution >= 0.6 is 22.6 Å². The number of hydrogen-bond donors (Lipinski definition) is 1. The van der Waals surface area contributed by atoms with Crippen molar-refractivity contribution in [3.05, 3.63) is 26.8 Å². The van der Waals surface area contributed by atoms with E-state index in [9.17, 15) is 12.9 Å². The van der Waals surface area contributed by atoms with E-state index in [2.05, 4.69) is 0 Å². The molecule has 0 aromatic heterocycles. The molecule has 0 aliphatic rings. The fourth-order valence-electron chi connectivity index (χ4n) is 1.31. The molecule has 0 radical (unpaired) electrons. The molecule has 1 aromatic carbocycles. The quantitative estimate of drug-likeness (QED) is 0.543. The first kappa shape index (κ1) is 16.4. The summed E-state index contributed by atoms with van der Waals surface area (Å²) in [4.78, 5) is 0. The van der Waals surface area contributed by atoms with Crippen molar-refractivity contribution in [2.45, 2.75) is 13.5 Å². The first-order valence-electron chi connectivity index (χ1n) is 4.05. The zero-order valence-corrected chi connectivity index (χ0v) is 13.8. The van der Waals surface area contributed by atoms with Crippen LogP contribution in [0.5, 0.6) is 0 Å². The van der Waals surface area contributed by atoms with E-state index in [1.807, 2.05) is 22.6 Å². The van der Waals surface area contributed by atoms with Crippen molar-refractivity contribution in [1.29, 1.82) is 0 Å². The molecule has 0 amide bonds. The summed E-state index contributed by atoms with van der Waals surface area (Å²) in [7, 11) is 0. The van der Waals surface area contributed by atoms with Crippen molar-refractivity contribution in [1.82, 2.24) is 0 Å². The normalized spacial score (nSPS) is 11.1. The molecule has 0 saturated carbocycles. The van der Waals surface area contributed by atoms with Crippen molar-refractivity contribution in [2.24, 2.45) is 5.73 Å². The topological polar surface area (TPSA) is 26.0 Å². The maximum absolute atomic E-state index is 12.6. The summed E-state index contributed by atoms with van der Waals surface area (Å²) in [6.07, 6.45) is 0. The van der Waals surface area contributed by atoms with Gasteiger partial charge in [0.1, 0.15) is 0 Å². The Bertz CT molecular complexity index is 356. The van der Waals surface area contributed by atoms with Crippen LogP contribution in [0.4, 0.5) is 12.9 Å². The number of halogens is 4. The number of hydrogen-bond acceptors (Lipinski definition) is 1. The molecular formula is C8H9BF3IKN. The van der Waals surface area contributed by atoms with E-state index < -0.39 is 12.4 Å². The van der Waals surface area contributed by atoms with Gasteiger partial charge >= 0.3 is 58.4 Å². The van der Waals surface area contributed by atoms with Gasteiger partial charge in [-0.2, -0.15) is 0 Å². The van der Waals surface area contributed by atoms with Gasteiger partial charge < -0.3 is 18.7 Å². The summed E-state index contributed by atoms with van der Waals surface area (Å²) in [5.74, 6) is 0. The first-order valence-corrected chi connectivity index (χ1v) is 5.13. The van der Waals surface area contributed by atoms with Gasteiger partial charge in [0.15, 0.2) is 0 Å². The minimum absolute atomic E-state index is 0. The van der Waals surface area contributed by atoms with Crippen LogP contribution in [0.15, 0.2) is 12.1 Å². The second-order valence-electron chi connectivity index (χ2n) is 3.06. The molecule has 0 unspecified atom stereocenters. The molecular weight excluding hydrogens is 344 g/mol. The average molecular weight is 353 g/mol. The minimum Gasteiger partial charge on any atom is -0.445 e. The van der Waals surface area contributed by atoms with Crippen molar-refractivity contribution < 1.29 is 64.3 Å². The Morgan fingerprint density at radius 3 is 2.27 bits per heavy atom. The van der Waals surface area contributed by atoms with Gasteiger partial charge in [-0.05, 0) is 41.1 Å². The van der Waals surface area contributed by atoms with Gasteiger partial charge in [-0.15, -0.1) is 5.46 Å². The van der Waals surface area contributed by atoms with Gasteiger partial charge in [0.2, 0.25) is 0 Å². The van der Waals surface area contributed by atoms with Crippen LogP contribution in [0, 0.1) is 10.5 Å². The molecule has 1 rings (SSSR count). The van der Waals surface area contributed by atoms with E-state index in [1.165, 1.54) is 6.92 Å². The average Bonchev–Trinajstić information content (AvgIpc) is 2.06. The Hall–Kier alpha value is 1.40. The minimum atomic E-state index is -4.94. The van der Waals surface area contributed by atoms with Crippen molar-refractivity contribution in [2.75, 3.05) is 0 Å². The predicted octanol–water partition coefficient (Wildman–Crippen LogP) is -0.883. The van der Waals surface area contributed by atoms with Crippen LogP contribution in [0.3, 0.4) is 0 Å². The maximum Gasteiger partial charge on any atom is 1.00 e. The maximum atomic E-state index is 12.6. The molecule has 0 saturated heterocycles. The van der Waals surface area contributed by atoms with Gasteiger partial charge in [0.25, 0.3) is 0 Å².